The standard InChI is InChI=1S/C14H16BrFN2O3/c15-10-7-11(16)12(17)6-9(10)14(20)21-8-13(19)18-4-2-1-3-5-18/h6-7H,1-5,8,17H2. The Morgan fingerprint density at radius 1 is 1.29 bits per heavy atom. The molecule has 0 spiro atoms. The molecule has 0 saturated carbocycles. The molecule has 1 heterocycles. The first kappa shape index (κ1) is 15.8. The number of anilines is 1. The Morgan fingerprint density at radius 2 is 1.95 bits per heavy atom. The molecule has 1 aliphatic heterocycles. The summed E-state index contributed by atoms with van der Waals surface area (Å²) in [6.07, 6.45) is 3.06. The van der Waals surface area contributed by atoms with E-state index in [-0.39, 0.29) is 28.2 Å². The number of carbonyl (C=O) groups excluding carboxylic acids is 2. The van der Waals surface area contributed by atoms with E-state index in [1.807, 2.05) is 0 Å². The minimum Gasteiger partial charge on any atom is -0.452 e. The molecule has 0 aliphatic carbocycles. The first-order valence-corrected chi connectivity index (χ1v) is 7.48. The zero-order chi connectivity index (χ0) is 15.4. The third kappa shape index (κ3) is 3.93. The molecule has 1 fully saturated rings. The number of nitrogen functional groups attached to an aromatic ring is 1. The summed E-state index contributed by atoms with van der Waals surface area (Å²) < 4.78 is 18.4. The molecular weight excluding hydrogens is 343 g/mol. The van der Waals surface area contributed by atoms with Crippen molar-refractivity contribution >= 4 is 33.5 Å². The van der Waals surface area contributed by atoms with Gasteiger partial charge in [0.25, 0.3) is 5.91 Å². The van der Waals surface area contributed by atoms with Crippen LogP contribution in [0.5, 0.6) is 0 Å². The van der Waals surface area contributed by atoms with Gasteiger partial charge in [0, 0.05) is 17.6 Å². The van der Waals surface area contributed by atoms with E-state index in [1.54, 1.807) is 4.90 Å². The first-order valence-electron chi connectivity index (χ1n) is 6.68. The fraction of sp³-hybridized carbons (Fsp3) is 0.429. The molecule has 0 bridgehead atoms. The van der Waals surface area contributed by atoms with Gasteiger partial charge in [0.1, 0.15) is 5.82 Å². The van der Waals surface area contributed by atoms with Crippen LogP contribution in [0.15, 0.2) is 16.6 Å². The predicted molar refractivity (Wildman–Crippen MR) is 79.2 cm³/mol. The Bertz CT molecular complexity index is 559. The van der Waals surface area contributed by atoms with Crippen molar-refractivity contribution in [2.45, 2.75) is 19.3 Å². The van der Waals surface area contributed by atoms with Crippen LogP contribution < -0.4 is 5.73 Å². The molecule has 1 amide bonds. The maximum Gasteiger partial charge on any atom is 0.339 e. The van der Waals surface area contributed by atoms with Crippen molar-refractivity contribution in [1.82, 2.24) is 4.90 Å². The van der Waals surface area contributed by atoms with Crippen molar-refractivity contribution in [3.05, 3.63) is 28.0 Å². The largest absolute Gasteiger partial charge is 0.452 e. The van der Waals surface area contributed by atoms with Gasteiger partial charge in [-0.05, 0) is 47.3 Å². The smallest absolute Gasteiger partial charge is 0.339 e. The number of rotatable bonds is 3. The van der Waals surface area contributed by atoms with Crippen molar-refractivity contribution < 1.29 is 18.7 Å². The Morgan fingerprint density at radius 3 is 2.62 bits per heavy atom. The Kier molecular flexibility index (Phi) is 5.17. The second-order valence-corrected chi connectivity index (χ2v) is 5.73. The lowest BCUT2D eigenvalue weighted by Crippen LogP contribution is -2.38. The van der Waals surface area contributed by atoms with Gasteiger partial charge in [-0.25, -0.2) is 9.18 Å². The van der Waals surface area contributed by atoms with Crippen LogP contribution in [0, 0.1) is 5.82 Å². The molecule has 0 atom stereocenters. The zero-order valence-electron chi connectivity index (χ0n) is 11.4. The molecule has 2 N–H and O–H groups in total. The van der Waals surface area contributed by atoms with E-state index in [2.05, 4.69) is 15.9 Å². The van der Waals surface area contributed by atoms with Gasteiger partial charge in [0.2, 0.25) is 0 Å². The van der Waals surface area contributed by atoms with Gasteiger partial charge < -0.3 is 15.4 Å². The van der Waals surface area contributed by atoms with Gasteiger partial charge in [-0.1, -0.05) is 0 Å². The van der Waals surface area contributed by atoms with E-state index in [0.717, 1.165) is 25.3 Å². The Labute approximate surface area is 130 Å². The van der Waals surface area contributed by atoms with Crippen LogP contribution in [0.4, 0.5) is 10.1 Å². The highest BCUT2D eigenvalue weighted by Gasteiger charge is 2.20. The highest BCUT2D eigenvalue weighted by atomic mass is 79.9. The number of carbonyl (C=O) groups is 2. The van der Waals surface area contributed by atoms with Crippen LogP contribution in [-0.4, -0.2) is 36.5 Å². The summed E-state index contributed by atoms with van der Waals surface area (Å²) >= 11 is 3.07. The topological polar surface area (TPSA) is 72.6 Å². The lowest BCUT2D eigenvalue weighted by molar-refractivity contribution is -0.135. The summed E-state index contributed by atoms with van der Waals surface area (Å²) in [5.41, 5.74) is 5.37. The maximum absolute atomic E-state index is 13.2. The van der Waals surface area contributed by atoms with E-state index in [4.69, 9.17) is 10.5 Å². The van der Waals surface area contributed by atoms with Gasteiger partial charge in [-0.2, -0.15) is 0 Å². The number of amides is 1. The van der Waals surface area contributed by atoms with E-state index in [0.29, 0.717) is 13.1 Å². The monoisotopic (exact) mass is 358 g/mol. The van der Waals surface area contributed by atoms with Crippen LogP contribution in [0.1, 0.15) is 29.6 Å². The number of benzene rings is 1. The highest BCUT2D eigenvalue weighted by molar-refractivity contribution is 9.10. The quantitative estimate of drug-likeness (QED) is 0.664. The number of esters is 1. The predicted octanol–water partition coefficient (Wildman–Crippen LogP) is 2.34. The number of nitrogens with two attached hydrogens (primary N) is 1. The van der Waals surface area contributed by atoms with Crippen LogP contribution in [-0.2, 0) is 9.53 Å². The number of halogens is 2. The molecule has 0 unspecified atom stereocenters. The minimum atomic E-state index is -0.709. The third-order valence-corrected chi connectivity index (χ3v) is 4.00. The molecule has 1 aliphatic rings. The SMILES string of the molecule is Nc1cc(C(=O)OCC(=O)N2CCCCC2)c(Br)cc1F. The first-order chi connectivity index (χ1) is 9.99. The summed E-state index contributed by atoms with van der Waals surface area (Å²) in [7, 11) is 0. The summed E-state index contributed by atoms with van der Waals surface area (Å²) in [4.78, 5) is 25.5. The molecule has 0 radical (unpaired) electrons. The van der Waals surface area contributed by atoms with Crippen molar-refractivity contribution in [3.8, 4) is 0 Å². The molecule has 5 nitrogen and oxygen atoms in total. The highest BCUT2D eigenvalue weighted by Crippen LogP contribution is 2.23. The Balaban J connectivity index is 1.95. The van der Waals surface area contributed by atoms with E-state index < -0.39 is 11.8 Å². The number of piperidine rings is 1. The number of nitrogens with zero attached hydrogens (tertiary/aromatic N) is 1. The van der Waals surface area contributed by atoms with Crippen LogP contribution in [0.3, 0.4) is 0 Å². The Hall–Kier alpha value is -1.63. The van der Waals surface area contributed by atoms with Crippen LogP contribution in [0.2, 0.25) is 0 Å². The summed E-state index contributed by atoms with van der Waals surface area (Å²) in [5.74, 6) is -1.55. The molecular formula is C14H16BrFN2O3. The van der Waals surface area contributed by atoms with Gasteiger partial charge in [0.05, 0.1) is 11.3 Å². The number of hydrogen-bond donors (Lipinski definition) is 1. The van der Waals surface area contributed by atoms with Crippen molar-refractivity contribution in [3.63, 3.8) is 0 Å². The van der Waals surface area contributed by atoms with Gasteiger partial charge >= 0.3 is 5.97 Å². The van der Waals surface area contributed by atoms with E-state index >= 15 is 0 Å². The second-order valence-electron chi connectivity index (χ2n) is 4.87. The zero-order valence-corrected chi connectivity index (χ0v) is 13.0. The van der Waals surface area contributed by atoms with Crippen molar-refractivity contribution in [2.75, 3.05) is 25.4 Å². The van der Waals surface area contributed by atoms with Gasteiger partial charge in [-0.3, -0.25) is 4.79 Å². The molecule has 2 rings (SSSR count). The fourth-order valence-corrected chi connectivity index (χ4v) is 2.64. The van der Waals surface area contributed by atoms with E-state index in [9.17, 15) is 14.0 Å². The van der Waals surface area contributed by atoms with E-state index in [1.165, 1.54) is 6.07 Å². The molecule has 114 valence electrons. The average molecular weight is 359 g/mol. The normalized spacial score (nSPS) is 14.9. The molecule has 0 aromatic heterocycles. The van der Waals surface area contributed by atoms with Gasteiger partial charge in [0.15, 0.2) is 6.61 Å². The van der Waals surface area contributed by atoms with Crippen molar-refractivity contribution in [1.29, 1.82) is 0 Å². The molecule has 21 heavy (non-hydrogen) atoms. The molecule has 1 aromatic carbocycles. The fourth-order valence-electron chi connectivity index (χ4n) is 2.16. The lowest BCUT2D eigenvalue weighted by Gasteiger charge is -2.26. The molecule has 1 saturated heterocycles. The van der Waals surface area contributed by atoms with Crippen LogP contribution >= 0.6 is 15.9 Å². The summed E-state index contributed by atoms with van der Waals surface area (Å²) in [6, 6.07) is 2.28. The average Bonchev–Trinajstić information content (AvgIpc) is 2.49. The summed E-state index contributed by atoms with van der Waals surface area (Å²) in [6.45, 7) is 1.08. The minimum absolute atomic E-state index is 0.0975. The maximum atomic E-state index is 13.2. The van der Waals surface area contributed by atoms with Crippen LogP contribution in [0.25, 0.3) is 0 Å². The number of likely N-dealkylation sites (tertiary alicyclic amines) is 1. The third-order valence-electron chi connectivity index (χ3n) is 3.34. The molecule has 7 heteroatoms. The number of ether oxygens (including phenoxy) is 1. The van der Waals surface area contributed by atoms with Crippen molar-refractivity contribution in [2.24, 2.45) is 0 Å². The lowest BCUT2D eigenvalue weighted by atomic mass is 10.1. The van der Waals surface area contributed by atoms with Gasteiger partial charge in [-0.15, -0.1) is 0 Å². The number of hydrogen-bond acceptors (Lipinski definition) is 4. The summed E-state index contributed by atoms with van der Waals surface area (Å²) in [5, 5.41) is 0. The second kappa shape index (κ2) is 6.89. The molecule has 1 aromatic rings.